The average Bonchev–Trinajstić information content (AvgIpc) is 3.42. The topological polar surface area (TPSA) is 204 Å². The minimum Gasteiger partial charge on any atom is -0.534 e. The van der Waals surface area contributed by atoms with Crippen LogP contribution in [0.15, 0.2) is 23.6 Å². The number of aromatic nitrogens is 1. The van der Waals surface area contributed by atoms with Gasteiger partial charge in [-0.05, 0) is 18.1 Å². The van der Waals surface area contributed by atoms with E-state index in [4.69, 9.17) is 10.4 Å². The largest absolute Gasteiger partial charge is 0.547 e. The molecule has 1 fully saturated rings. The molecule has 188 valence electrons. The number of rotatable bonds is 5. The molecule has 3 heterocycles. The second kappa shape index (κ2) is 9.83. The number of nitrogens with one attached hydrogen (secondary N) is 2. The first-order valence-corrected chi connectivity index (χ1v) is 11.6. The Labute approximate surface area is 208 Å². The number of nitrogens with two attached hydrogens (primary N) is 1. The fourth-order valence-corrected chi connectivity index (χ4v) is 4.50. The first-order chi connectivity index (χ1) is 17.1. The number of carboxylic acid groups (broad SMARTS) is 1. The van der Waals surface area contributed by atoms with E-state index in [0.717, 1.165) is 21.1 Å². The van der Waals surface area contributed by atoms with Gasteiger partial charge in [0.1, 0.15) is 5.75 Å². The van der Waals surface area contributed by atoms with E-state index in [2.05, 4.69) is 15.6 Å². The summed E-state index contributed by atoms with van der Waals surface area (Å²) in [5.41, 5.74) is 6.11. The molecule has 2 atom stereocenters. The molecule has 1 aromatic heterocycles. The van der Waals surface area contributed by atoms with Crippen molar-refractivity contribution in [3.63, 3.8) is 0 Å². The number of nitrogen functional groups attached to an aromatic ring is 1. The molecule has 0 aliphatic carbocycles. The standard InChI is InChI=1S/C20H21BN6O8S/c1-9(28)26-5-6-27(20(26)33)19(32)25-14(12-8-36-18(22)23-12)16(29)24-13-7-10-3-2-4-11(17(30)31)15(10)35-21(13)34/h2-4,8,13-14,34H,5-7H2,1H3,(H2,22,23)(H,24,29)(H,25,32)(H,30,31)/t13-,14?/m0/s1. The normalized spacial score (nSPS) is 17.8. The predicted octanol–water partition coefficient (Wildman–Crippen LogP) is -0.402. The molecule has 4 rings (SSSR count). The Morgan fingerprint density at radius 3 is 2.61 bits per heavy atom. The van der Waals surface area contributed by atoms with Crippen LogP contribution in [0.1, 0.15) is 34.6 Å². The van der Waals surface area contributed by atoms with E-state index in [1.54, 1.807) is 6.07 Å². The highest BCUT2D eigenvalue weighted by molar-refractivity contribution is 7.13. The van der Waals surface area contributed by atoms with Crippen LogP contribution in [-0.2, 0) is 16.0 Å². The van der Waals surface area contributed by atoms with Gasteiger partial charge < -0.3 is 31.2 Å². The van der Waals surface area contributed by atoms with Gasteiger partial charge in [0, 0.05) is 18.8 Å². The highest BCUT2D eigenvalue weighted by Crippen LogP contribution is 2.30. The van der Waals surface area contributed by atoms with E-state index < -0.39 is 48.9 Å². The zero-order chi connectivity index (χ0) is 26.1. The maximum Gasteiger partial charge on any atom is 0.547 e. The average molecular weight is 516 g/mol. The minimum absolute atomic E-state index is 0.00250. The van der Waals surface area contributed by atoms with E-state index >= 15 is 0 Å². The summed E-state index contributed by atoms with van der Waals surface area (Å²) in [5.74, 6) is -3.53. The summed E-state index contributed by atoms with van der Waals surface area (Å²) in [6.07, 6.45) is 0.0431. The maximum atomic E-state index is 13.2. The monoisotopic (exact) mass is 516 g/mol. The number of fused-ring (bicyclic) bond motifs is 1. The Kier molecular flexibility index (Phi) is 6.81. The van der Waals surface area contributed by atoms with Crippen LogP contribution in [0.25, 0.3) is 0 Å². The summed E-state index contributed by atoms with van der Waals surface area (Å²) in [7, 11) is -1.58. The van der Waals surface area contributed by atoms with Crippen molar-refractivity contribution in [2.75, 3.05) is 18.8 Å². The van der Waals surface area contributed by atoms with E-state index in [9.17, 15) is 34.1 Å². The zero-order valence-electron chi connectivity index (χ0n) is 18.8. The van der Waals surface area contributed by atoms with Gasteiger partial charge in [0.15, 0.2) is 11.2 Å². The smallest absolute Gasteiger partial charge is 0.534 e. The summed E-state index contributed by atoms with van der Waals surface area (Å²) in [6, 6.07) is 1.31. The number of carboxylic acids is 1. The number of hydrogen-bond acceptors (Lipinski definition) is 10. The van der Waals surface area contributed by atoms with Crippen molar-refractivity contribution in [3.05, 3.63) is 40.4 Å². The summed E-state index contributed by atoms with van der Waals surface area (Å²) < 4.78 is 5.39. The Morgan fingerprint density at radius 2 is 2.00 bits per heavy atom. The molecule has 14 nitrogen and oxygen atoms in total. The molecule has 2 aliphatic heterocycles. The second-order valence-corrected chi connectivity index (χ2v) is 8.91. The van der Waals surface area contributed by atoms with Gasteiger partial charge >= 0.3 is 25.1 Å². The van der Waals surface area contributed by atoms with Gasteiger partial charge in [-0.25, -0.2) is 24.3 Å². The Hall–Kier alpha value is -4.18. The molecule has 16 heteroatoms. The molecular formula is C20H21BN6O8S. The molecule has 0 bridgehead atoms. The van der Waals surface area contributed by atoms with Gasteiger partial charge in [-0.1, -0.05) is 12.1 Å². The molecule has 2 aliphatic rings. The molecule has 0 spiro atoms. The molecule has 2 aromatic rings. The second-order valence-electron chi connectivity index (χ2n) is 8.02. The SMILES string of the molecule is CC(=O)N1CCN(C(=O)NC(C(=O)N[C@H]2Cc3cccc(C(=O)O)c3OB2O)c2csc(N)n2)C1=O. The lowest BCUT2D eigenvalue weighted by molar-refractivity contribution is -0.125. The van der Waals surface area contributed by atoms with Crippen LogP contribution in [0.4, 0.5) is 14.7 Å². The lowest BCUT2D eigenvalue weighted by Gasteiger charge is -2.30. The summed E-state index contributed by atoms with van der Waals surface area (Å²) >= 11 is 1.03. The van der Waals surface area contributed by atoms with Crippen molar-refractivity contribution < 1.29 is 38.8 Å². The maximum absolute atomic E-state index is 13.2. The molecule has 6 amide bonds. The fraction of sp³-hybridized carbons (Fsp3) is 0.300. The van der Waals surface area contributed by atoms with Crippen molar-refractivity contribution >= 4 is 53.4 Å². The van der Waals surface area contributed by atoms with Gasteiger partial charge in [0.05, 0.1) is 23.7 Å². The Morgan fingerprint density at radius 1 is 1.28 bits per heavy atom. The number of aromatic carboxylic acids is 1. The number of amides is 6. The first-order valence-electron chi connectivity index (χ1n) is 10.7. The lowest BCUT2D eigenvalue weighted by atomic mass is 9.72. The number of para-hydroxylation sites is 1. The van der Waals surface area contributed by atoms with E-state index in [-0.39, 0.29) is 41.6 Å². The highest BCUT2D eigenvalue weighted by atomic mass is 32.1. The number of benzene rings is 1. The number of urea groups is 2. The lowest BCUT2D eigenvalue weighted by Crippen LogP contribution is -2.56. The Balaban J connectivity index is 1.52. The van der Waals surface area contributed by atoms with Crippen LogP contribution in [0.2, 0.25) is 0 Å². The van der Waals surface area contributed by atoms with Crippen LogP contribution in [0, 0.1) is 0 Å². The number of carbonyl (C=O) groups excluding carboxylic acids is 4. The van der Waals surface area contributed by atoms with Crippen molar-refractivity contribution in [1.29, 1.82) is 0 Å². The van der Waals surface area contributed by atoms with E-state index in [1.165, 1.54) is 24.4 Å². The van der Waals surface area contributed by atoms with E-state index in [0.29, 0.717) is 5.56 Å². The van der Waals surface area contributed by atoms with Crippen LogP contribution < -0.4 is 21.0 Å². The molecule has 1 unspecified atom stereocenters. The van der Waals surface area contributed by atoms with Gasteiger partial charge in [0.25, 0.3) is 0 Å². The van der Waals surface area contributed by atoms with Gasteiger partial charge in [-0.3, -0.25) is 14.5 Å². The van der Waals surface area contributed by atoms with Crippen molar-refractivity contribution in [3.8, 4) is 5.75 Å². The summed E-state index contributed by atoms with van der Waals surface area (Å²) in [6.45, 7) is 1.16. The van der Waals surface area contributed by atoms with Crippen LogP contribution in [-0.4, -0.2) is 80.9 Å². The molecular weight excluding hydrogens is 495 g/mol. The van der Waals surface area contributed by atoms with Crippen LogP contribution >= 0.6 is 11.3 Å². The molecule has 0 radical (unpaired) electrons. The van der Waals surface area contributed by atoms with Crippen molar-refractivity contribution in [2.24, 2.45) is 0 Å². The number of anilines is 1. The number of thiazole rings is 1. The number of carbonyl (C=O) groups is 5. The van der Waals surface area contributed by atoms with Crippen molar-refractivity contribution in [1.82, 2.24) is 25.4 Å². The third-order valence-corrected chi connectivity index (χ3v) is 6.37. The Bertz CT molecular complexity index is 1250. The molecule has 0 saturated carbocycles. The van der Waals surface area contributed by atoms with Gasteiger partial charge in [-0.15, -0.1) is 11.3 Å². The highest BCUT2D eigenvalue weighted by Gasteiger charge is 2.41. The fourth-order valence-electron chi connectivity index (χ4n) is 3.91. The number of imide groups is 2. The minimum atomic E-state index is -1.58. The molecule has 36 heavy (non-hydrogen) atoms. The molecule has 1 aromatic carbocycles. The van der Waals surface area contributed by atoms with Gasteiger partial charge in [-0.2, -0.15) is 0 Å². The van der Waals surface area contributed by atoms with Crippen LogP contribution in [0.3, 0.4) is 0 Å². The summed E-state index contributed by atoms with van der Waals surface area (Å²) in [4.78, 5) is 67.2. The van der Waals surface area contributed by atoms with Crippen LogP contribution in [0.5, 0.6) is 5.75 Å². The predicted molar refractivity (Wildman–Crippen MR) is 125 cm³/mol. The zero-order valence-corrected chi connectivity index (χ0v) is 19.7. The molecule has 6 N–H and O–H groups in total. The van der Waals surface area contributed by atoms with E-state index in [1.807, 2.05) is 0 Å². The summed E-state index contributed by atoms with van der Waals surface area (Å²) in [5, 5.41) is 26.4. The third-order valence-electron chi connectivity index (χ3n) is 5.68. The quantitative estimate of drug-likeness (QED) is 0.325. The first kappa shape index (κ1) is 24.9. The van der Waals surface area contributed by atoms with Gasteiger partial charge in [0.2, 0.25) is 11.8 Å². The third kappa shape index (κ3) is 4.80. The molecule has 1 saturated heterocycles. The number of hydrogen-bond donors (Lipinski definition) is 5. The number of nitrogens with zero attached hydrogens (tertiary/aromatic N) is 3. The van der Waals surface area contributed by atoms with Crippen molar-refractivity contribution in [2.45, 2.75) is 25.3 Å².